The molecule has 0 saturated carbocycles. The van der Waals surface area contributed by atoms with E-state index in [1.165, 1.54) is 5.69 Å². The Morgan fingerprint density at radius 1 is 1.38 bits per heavy atom. The zero-order valence-electron chi connectivity index (χ0n) is 9.47. The fourth-order valence-electron chi connectivity index (χ4n) is 2.40. The van der Waals surface area contributed by atoms with E-state index < -0.39 is 5.97 Å². The van der Waals surface area contributed by atoms with Crippen LogP contribution in [0.5, 0.6) is 0 Å². The number of carboxylic acid groups (broad SMARTS) is 1. The third-order valence-electron chi connectivity index (χ3n) is 3.31. The van der Waals surface area contributed by atoms with Gasteiger partial charge in [-0.15, -0.1) is 0 Å². The number of carbonyl (C=O) groups is 1. The Kier molecular flexibility index (Phi) is 3.13. The number of carboxylic acids is 1. The molecule has 2 unspecified atom stereocenters. The van der Waals surface area contributed by atoms with Crippen LogP contribution in [-0.4, -0.2) is 23.7 Å². The number of anilines is 1. The fraction of sp³-hybridized carbons (Fsp3) is 0.462. The molecule has 1 aromatic rings. The van der Waals surface area contributed by atoms with Crippen molar-refractivity contribution in [2.75, 3.05) is 11.4 Å². The molecule has 1 N–H and O–H groups in total. The van der Waals surface area contributed by atoms with Gasteiger partial charge < -0.3 is 10.0 Å². The number of hydrogen-bond donors (Lipinski definition) is 1. The number of piperidine rings is 1. The van der Waals surface area contributed by atoms with Crippen molar-refractivity contribution < 1.29 is 9.90 Å². The summed E-state index contributed by atoms with van der Waals surface area (Å²) < 4.78 is 0. The van der Waals surface area contributed by atoms with Crippen molar-refractivity contribution >= 4 is 11.7 Å². The zero-order chi connectivity index (χ0) is 11.5. The lowest BCUT2D eigenvalue weighted by molar-refractivity contribution is -0.142. The highest BCUT2D eigenvalue weighted by molar-refractivity contribution is 5.70. The monoisotopic (exact) mass is 219 g/mol. The van der Waals surface area contributed by atoms with Crippen LogP contribution in [0.25, 0.3) is 0 Å². The van der Waals surface area contributed by atoms with Crippen LogP contribution < -0.4 is 4.90 Å². The molecule has 16 heavy (non-hydrogen) atoms. The third kappa shape index (κ3) is 2.18. The Labute approximate surface area is 95.7 Å². The lowest BCUT2D eigenvalue weighted by Crippen LogP contribution is -2.42. The zero-order valence-corrected chi connectivity index (χ0v) is 9.47. The van der Waals surface area contributed by atoms with E-state index in [1.807, 2.05) is 18.2 Å². The molecular formula is C13H17NO2. The Bertz CT molecular complexity index is 363. The van der Waals surface area contributed by atoms with Crippen molar-refractivity contribution in [2.24, 2.45) is 5.92 Å². The van der Waals surface area contributed by atoms with Crippen molar-refractivity contribution in [1.29, 1.82) is 0 Å². The molecule has 3 heteroatoms. The summed E-state index contributed by atoms with van der Waals surface area (Å²) in [6, 6.07) is 10.5. The van der Waals surface area contributed by atoms with Gasteiger partial charge in [0.25, 0.3) is 0 Å². The molecule has 2 rings (SSSR count). The largest absolute Gasteiger partial charge is 0.481 e. The number of nitrogens with zero attached hydrogens (tertiary/aromatic N) is 1. The summed E-state index contributed by atoms with van der Waals surface area (Å²) in [5.74, 6) is -0.825. The van der Waals surface area contributed by atoms with Crippen molar-refractivity contribution in [2.45, 2.75) is 25.8 Å². The molecule has 0 spiro atoms. The average molecular weight is 219 g/mol. The maximum absolute atomic E-state index is 10.9. The first-order chi connectivity index (χ1) is 7.68. The summed E-state index contributed by atoms with van der Waals surface area (Å²) in [5, 5.41) is 8.99. The highest BCUT2D eigenvalue weighted by atomic mass is 16.4. The topological polar surface area (TPSA) is 40.5 Å². The minimum absolute atomic E-state index is 0.171. The van der Waals surface area contributed by atoms with E-state index in [0.29, 0.717) is 6.04 Å². The summed E-state index contributed by atoms with van der Waals surface area (Å²) in [7, 11) is 0. The van der Waals surface area contributed by atoms with E-state index in [0.717, 1.165) is 19.4 Å². The molecule has 1 fully saturated rings. The molecule has 0 radical (unpaired) electrons. The summed E-state index contributed by atoms with van der Waals surface area (Å²) in [6.45, 7) is 2.93. The lowest BCUT2D eigenvalue weighted by atomic mass is 9.91. The van der Waals surface area contributed by atoms with Crippen LogP contribution in [0.2, 0.25) is 0 Å². The average Bonchev–Trinajstić information content (AvgIpc) is 2.30. The molecule has 86 valence electrons. The van der Waals surface area contributed by atoms with Gasteiger partial charge in [0.15, 0.2) is 0 Å². The van der Waals surface area contributed by atoms with Gasteiger partial charge >= 0.3 is 5.97 Å². The van der Waals surface area contributed by atoms with E-state index in [-0.39, 0.29) is 5.92 Å². The van der Waals surface area contributed by atoms with Crippen LogP contribution in [-0.2, 0) is 4.79 Å². The predicted molar refractivity (Wildman–Crippen MR) is 63.6 cm³/mol. The predicted octanol–water partition coefficient (Wildman–Crippen LogP) is 2.38. The lowest BCUT2D eigenvalue weighted by Gasteiger charge is -2.38. The van der Waals surface area contributed by atoms with Gasteiger partial charge in [-0.3, -0.25) is 4.79 Å². The molecule has 1 heterocycles. The second-order valence-electron chi connectivity index (χ2n) is 4.44. The molecule has 0 bridgehead atoms. The van der Waals surface area contributed by atoms with Gasteiger partial charge in [0, 0.05) is 18.3 Å². The normalized spacial score (nSPS) is 25.4. The van der Waals surface area contributed by atoms with Crippen LogP contribution in [0.3, 0.4) is 0 Å². The fourth-order valence-corrected chi connectivity index (χ4v) is 2.40. The van der Waals surface area contributed by atoms with Crippen molar-refractivity contribution in [3.63, 3.8) is 0 Å². The van der Waals surface area contributed by atoms with E-state index in [9.17, 15) is 4.79 Å². The maximum atomic E-state index is 10.9. The van der Waals surface area contributed by atoms with E-state index >= 15 is 0 Å². The smallest absolute Gasteiger partial charge is 0.306 e. The Morgan fingerprint density at radius 3 is 2.62 bits per heavy atom. The second kappa shape index (κ2) is 4.56. The highest BCUT2D eigenvalue weighted by Crippen LogP contribution is 2.27. The van der Waals surface area contributed by atoms with Crippen molar-refractivity contribution in [3.05, 3.63) is 30.3 Å². The number of rotatable bonds is 2. The van der Waals surface area contributed by atoms with Gasteiger partial charge in [0.1, 0.15) is 0 Å². The van der Waals surface area contributed by atoms with Gasteiger partial charge in [-0.05, 0) is 31.9 Å². The minimum Gasteiger partial charge on any atom is -0.481 e. The van der Waals surface area contributed by atoms with E-state index in [2.05, 4.69) is 24.0 Å². The standard InChI is InChI=1S/C13H17NO2/c1-10-9-11(13(15)16)7-8-14(10)12-5-3-2-4-6-12/h2-6,10-11H,7-9H2,1H3,(H,15,16). The van der Waals surface area contributed by atoms with Crippen LogP contribution in [0.4, 0.5) is 5.69 Å². The minimum atomic E-state index is -0.653. The van der Waals surface area contributed by atoms with Crippen LogP contribution in [0.15, 0.2) is 30.3 Å². The van der Waals surface area contributed by atoms with Gasteiger partial charge in [0.2, 0.25) is 0 Å². The highest BCUT2D eigenvalue weighted by Gasteiger charge is 2.29. The molecule has 1 aliphatic rings. The molecule has 3 nitrogen and oxygen atoms in total. The second-order valence-corrected chi connectivity index (χ2v) is 4.44. The Morgan fingerprint density at radius 2 is 2.06 bits per heavy atom. The van der Waals surface area contributed by atoms with E-state index in [4.69, 9.17) is 5.11 Å². The molecule has 0 aromatic heterocycles. The quantitative estimate of drug-likeness (QED) is 0.830. The van der Waals surface area contributed by atoms with Gasteiger partial charge in [-0.1, -0.05) is 18.2 Å². The molecule has 2 atom stereocenters. The van der Waals surface area contributed by atoms with E-state index in [1.54, 1.807) is 0 Å². The number of hydrogen-bond acceptors (Lipinski definition) is 2. The molecule has 1 aliphatic heterocycles. The first kappa shape index (κ1) is 11.0. The van der Waals surface area contributed by atoms with Gasteiger partial charge in [0.05, 0.1) is 5.92 Å². The van der Waals surface area contributed by atoms with Gasteiger partial charge in [-0.2, -0.15) is 0 Å². The Hall–Kier alpha value is -1.51. The van der Waals surface area contributed by atoms with Crippen LogP contribution in [0, 0.1) is 5.92 Å². The molecule has 1 aromatic carbocycles. The maximum Gasteiger partial charge on any atom is 0.306 e. The first-order valence-electron chi connectivity index (χ1n) is 5.73. The summed E-state index contributed by atoms with van der Waals surface area (Å²) >= 11 is 0. The van der Waals surface area contributed by atoms with Gasteiger partial charge in [-0.25, -0.2) is 0 Å². The van der Waals surface area contributed by atoms with Crippen molar-refractivity contribution in [3.8, 4) is 0 Å². The summed E-state index contributed by atoms with van der Waals surface area (Å²) in [4.78, 5) is 13.2. The molecule has 0 aliphatic carbocycles. The van der Waals surface area contributed by atoms with Crippen LogP contribution >= 0.6 is 0 Å². The number of benzene rings is 1. The SMILES string of the molecule is CC1CC(C(=O)O)CCN1c1ccccc1. The van der Waals surface area contributed by atoms with Crippen LogP contribution in [0.1, 0.15) is 19.8 Å². The Balaban J connectivity index is 2.08. The number of aliphatic carboxylic acids is 1. The number of para-hydroxylation sites is 1. The molecule has 0 amide bonds. The first-order valence-corrected chi connectivity index (χ1v) is 5.73. The molecular weight excluding hydrogens is 202 g/mol. The van der Waals surface area contributed by atoms with Crippen molar-refractivity contribution in [1.82, 2.24) is 0 Å². The summed E-state index contributed by atoms with van der Waals surface area (Å²) in [6.07, 6.45) is 1.48. The third-order valence-corrected chi connectivity index (χ3v) is 3.31. The molecule has 1 saturated heterocycles. The summed E-state index contributed by atoms with van der Waals surface area (Å²) in [5.41, 5.74) is 1.19.